The lowest BCUT2D eigenvalue weighted by atomic mass is 9.84. The molecule has 1 aliphatic rings. The highest BCUT2D eigenvalue weighted by Crippen LogP contribution is 2.26. The van der Waals surface area contributed by atoms with Gasteiger partial charge in [0.2, 0.25) is 5.91 Å². The number of carbonyl (C=O) groups excluding carboxylic acids is 1. The Balaban J connectivity index is 2.38. The van der Waals surface area contributed by atoms with Gasteiger partial charge in [0.15, 0.2) is 0 Å². The molecule has 102 valence electrons. The highest BCUT2D eigenvalue weighted by Gasteiger charge is 2.25. The Hall–Kier alpha value is -1.04. The van der Waals surface area contributed by atoms with Crippen molar-refractivity contribution in [2.75, 3.05) is 0 Å². The lowest BCUT2D eigenvalue weighted by Gasteiger charge is -2.26. The molecule has 0 aliphatic heterocycles. The fraction of sp³-hybridized carbons (Fsp3) is 0.867. The zero-order chi connectivity index (χ0) is 13.6. The summed E-state index contributed by atoms with van der Waals surface area (Å²) in [5.74, 6) is 0.393. The molecule has 3 nitrogen and oxygen atoms in total. The van der Waals surface area contributed by atoms with Crippen LogP contribution in [0.1, 0.15) is 65.7 Å². The first kappa shape index (κ1) is 15.0. The summed E-state index contributed by atoms with van der Waals surface area (Å²) in [7, 11) is 0. The minimum absolute atomic E-state index is 0.0297. The van der Waals surface area contributed by atoms with Crippen molar-refractivity contribution in [1.29, 1.82) is 5.26 Å². The Kier molecular flexibility index (Phi) is 5.65. The Morgan fingerprint density at radius 3 is 2.44 bits per heavy atom. The molecule has 0 aromatic heterocycles. The monoisotopic (exact) mass is 250 g/mol. The summed E-state index contributed by atoms with van der Waals surface area (Å²) in [6.45, 7) is 6.38. The summed E-state index contributed by atoms with van der Waals surface area (Å²) in [5, 5.41) is 12.1. The van der Waals surface area contributed by atoms with Gasteiger partial charge < -0.3 is 5.32 Å². The Bertz CT molecular complexity index is 305. The molecular formula is C15H26N2O. The lowest BCUT2D eigenvalue weighted by Crippen LogP contribution is -2.40. The van der Waals surface area contributed by atoms with E-state index in [2.05, 4.69) is 32.2 Å². The number of rotatable bonds is 4. The maximum absolute atomic E-state index is 11.8. The average molecular weight is 250 g/mol. The van der Waals surface area contributed by atoms with Gasteiger partial charge in [-0.25, -0.2) is 0 Å². The van der Waals surface area contributed by atoms with Crippen molar-refractivity contribution in [3.05, 3.63) is 0 Å². The van der Waals surface area contributed by atoms with Crippen LogP contribution in [0.2, 0.25) is 0 Å². The number of nitrogens with zero attached hydrogens (tertiary/aromatic N) is 1. The summed E-state index contributed by atoms with van der Waals surface area (Å²) in [6, 6.07) is 1.99. The first-order valence-corrected chi connectivity index (χ1v) is 7.11. The SMILES string of the molecule is CC(C)(C)CCC(=O)NC(C#N)C1CCCCC1. The molecule has 0 aromatic rings. The van der Waals surface area contributed by atoms with Gasteiger partial charge in [-0.1, -0.05) is 40.0 Å². The van der Waals surface area contributed by atoms with E-state index in [0.29, 0.717) is 12.3 Å². The van der Waals surface area contributed by atoms with Gasteiger partial charge in [0.1, 0.15) is 6.04 Å². The van der Waals surface area contributed by atoms with Gasteiger partial charge in [-0.15, -0.1) is 0 Å². The predicted octanol–water partition coefficient (Wildman–Crippen LogP) is 3.40. The van der Waals surface area contributed by atoms with Crippen molar-refractivity contribution >= 4 is 5.91 Å². The molecule has 0 saturated heterocycles. The molecule has 1 amide bonds. The molecule has 1 saturated carbocycles. The van der Waals surface area contributed by atoms with Crippen LogP contribution in [0.3, 0.4) is 0 Å². The van der Waals surface area contributed by atoms with Gasteiger partial charge in [0.05, 0.1) is 6.07 Å². The van der Waals surface area contributed by atoms with E-state index in [4.69, 9.17) is 0 Å². The summed E-state index contributed by atoms with van der Waals surface area (Å²) < 4.78 is 0. The third kappa shape index (κ3) is 5.53. The van der Waals surface area contributed by atoms with Crippen LogP contribution >= 0.6 is 0 Å². The molecule has 1 aliphatic carbocycles. The van der Waals surface area contributed by atoms with E-state index in [1.165, 1.54) is 19.3 Å². The highest BCUT2D eigenvalue weighted by molar-refractivity contribution is 5.76. The van der Waals surface area contributed by atoms with Crippen LogP contribution in [-0.4, -0.2) is 11.9 Å². The van der Waals surface area contributed by atoms with Crippen LogP contribution in [0, 0.1) is 22.7 Å². The van der Waals surface area contributed by atoms with Gasteiger partial charge in [-0.3, -0.25) is 4.79 Å². The maximum Gasteiger partial charge on any atom is 0.221 e. The van der Waals surface area contributed by atoms with E-state index in [1.54, 1.807) is 0 Å². The average Bonchev–Trinajstić information content (AvgIpc) is 2.33. The van der Waals surface area contributed by atoms with Crippen molar-refractivity contribution in [1.82, 2.24) is 5.32 Å². The van der Waals surface area contributed by atoms with Crippen molar-refractivity contribution in [2.45, 2.75) is 71.8 Å². The highest BCUT2D eigenvalue weighted by atomic mass is 16.1. The molecule has 3 heteroatoms. The van der Waals surface area contributed by atoms with Crippen LogP contribution in [0.4, 0.5) is 0 Å². The smallest absolute Gasteiger partial charge is 0.221 e. The van der Waals surface area contributed by atoms with Crippen LogP contribution < -0.4 is 5.32 Å². The predicted molar refractivity (Wildman–Crippen MR) is 72.8 cm³/mol. The molecular weight excluding hydrogens is 224 g/mol. The van der Waals surface area contributed by atoms with E-state index < -0.39 is 0 Å². The molecule has 0 aromatic carbocycles. The van der Waals surface area contributed by atoms with Gasteiger partial charge in [0.25, 0.3) is 0 Å². The zero-order valence-electron chi connectivity index (χ0n) is 12.0. The van der Waals surface area contributed by atoms with Gasteiger partial charge in [0, 0.05) is 6.42 Å². The molecule has 1 fully saturated rings. The Morgan fingerprint density at radius 2 is 1.94 bits per heavy atom. The number of hydrogen-bond donors (Lipinski definition) is 1. The minimum atomic E-state index is -0.280. The largest absolute Gasteiger partial charge is 0.340 e. The molecule has 0 radical (unpaired) electrons. The number of carbonyl (C=O) groups is 1. The van der Waals surface area contributed by atoms with E-state index >= 15 is 0 Å². The van der Waals surface area contributed by atoms with E-state index in [9.17, 15) is 10.1 Å². The summed E-state index contributed by atoms with van der Waals surface area (Å²) >= 11 is 0. The molecule has 1 unspecified atom stereocenters. The van der Waals surface area contributed by atoms with Crippen molar-refractivity contribution in [3.63, 3.8) is 0 Å². The van der Waals surface area contributed by atoms with Crippen LogP contribution in [0.15, 0.2) is 0 Å². The van der Waals surface area contributed by atoms with Crippen LogP contribution in [0.25, 0.3) is 0 Å². The van der Waals surface area contributed by atoms with Crippen LogP contribution in [0.5, 0.6) is 0 Å². The number of nitrogens with one attached hydrogen (secondary N) is 1. The van der Waals surface area contributed by atoms with E-state index in [1.807, 2.05) is 0 Å². The molecule has 0 bridgehead atoms. The Morgan fingerprint density at radius 1 is 1.33 bits per heavy atom. The molecule has 1 atom stereocenters. The molecule has 0 heterocycles. The van der Waals surface area contributed by atoms with Crippen molar-refractivity contribution < 1.29 is 4.79 Å². The Labute approximate surface area is 111 Å². The van der Waals surface area contributed by atoms with Gasteiger partial charge in [-0.05, 0) is 30.6 Å². The maximum atomic E-state index is 11.8. The van der Waals surface area contributed by atoms with E-state index in [-0.39, 0.29) is 17.4 Å². The minimum Gasteiger partial charge on any atom is -0.340 e. The fourth-order valence-electron chi connectivity index (χ4n) is 2.46. The normalized spacial score (nSPS) is 19.0. The zero-order valence-corrected chi connectivity index (χ0v) is 12.0. The third-order valence-corrected chi connectivity index (χ3v) is 3.68. The van der Waals surface area contributed by atoms with E-state index in [0.717, 1.165) is 19.3 Å². The summed E-state index contributed by atoms with van der Waals surface area (Å²) in [6.07, 6.45) is 7.21. The second-order valence-corrected chi connectivity index (χ2v) is 6.63. The summed E-state index contributed by atoms with van der Waals surface area (Å²) in [5.41, 5.74) is 0.171. The number of hydrogen-bond acceptors (Lipinski definition) is 2. The van der Waals surface area contributed by atoms with Crippen molar-refractivity contribution in [2.24, 2.45) is 11.3 Å². The summed E-state index contributed by atoms with van der Waals surface area (Å²) in [4.78, 5) is 11.8. The molecule has 1 rings (SSSR count). The standard InChI is InChI=1S/C15H26N2O/c1-15(2,3)10-9-14(18)17-13(11-16)12-7-5-4-6-8-12/h12-13H,4-10H2,1-3H3,(H,17,18). The van der Waals surface area contributed by atoms with Crippen LogP contribution in [-0.2, 0) is 4.79 Å². The molecule has 0 spiro atoms. The second-order valence-electron chi connectivity index (χ2n) is 6.63. The second kappa shape index (κ2) is 6.78. The van der Waals surface area contributed by atoms with Crippen molar-refractivity contribution in [3.8, 4) is 6.07 Å². The third-order valence-electron chi connectivity index (χ3n) is 3.68. The topological polar surface area (TPSA) is 52.9 Å². The van der Waals surface area contributed by atoms with Gasteiger partial charge >= 0.3 is 0 Å². The quantitative estimate of drug-likeness (QED) is 0.831. The number of nitriles is 1. The number of amides is 1. The lowest BCUT2D eigenvalue weighted by molar-refractivity contribution is -0.122. The first-order chi connectivity index (χ1) is 8.42. The first-order valence-electron chi connectivity index (χ1n) is 7.11. The van der Waals surface area contributed by atoms with Gasteiger partial charge in [-0.2, -0.15) is 5.26 Å². The molecule has 1 N–H and O–H groups in total. The molecule has 18 heavy (non-hydrogen) atoms. The fourth-order valence-corrected chi connectivity index (χ4v) is 2.46.